The van der Waals surface area contributed by atoms with E-state index in [4.69, 9.17) is 15.2 Å². The molecule has 1 aliphatic heterocycles. The average Bonchev–Trinajstić information content (AvgIpc) is 3.00. The van der Waals surface area contributed by atoms with Crippen molar-refractivity contribution in [3.8, 4) is 0 Å². The summed E-state index contributed by atoms with van der Waals surface area (Å²) in [5.41, 5.74) is 5.63. The largest absolute Gasteiger partial charge is 0.354 e. The van der Waals surface area contributed by atoms with Gasteiger partial charge in [-0.25, -0.2) is 0 Å². The van der Waals surface area contributed by atoms with E-state index in [1.165, 1.54) is 32.1 Å². The van der Waals surface area contributed by atoms with Crippen molar-refractivity contribution in [3.05, 3.63) is 0 Å². The molecule has 3 N–H and O–H groups in total. The van der Waals surface area contributed by atoms with Crippen molar-refractivity contribution in [2.75, 3.05) is 13.2 Å². The number of rotatable bonds is 4. The van der Waals surface area contributed by atoms with E-state index in [9.17, 15) is 4.79 Å². The molecule has 5 saturated carbocycles. The van der Waals surface area contributed by atoms with E-state index < -0.39 is 0 Å². The first-order valence-electron chi connectivity index (χ1n) is 11.6. The lowest BCUT2D eigenvalue weighted by atomic mass is 9.50. The second-order valence-electron chi connectivity index (χ2n) is 11.5. The maximum atomic E-state index is 12.3. The Kier molecular flexibility index (Phi) is 4.61. The molecule has 6 rings (SSSR count). The third kappa shape index (κ3) is 3.41. The predicted octanol–water partition coefficient (Wildman–Crippen LogP) is 3.36. The quantitative estimate of drug-likeness (QED) is 0.772. The molecule has 5 aliphatic carbocycles. The van der Waals surface area contributed by atoms with Gasteiger partial charge in [-0.2, -0.15) is 0 Å². The standard InChI is InChI=1S/C23H38N2O3/c1-21(2,24)13-25-20(26)12-15-3-5-22(6-4-15)27-14-23(28-22)18-8-16-7-17(10-18)11-19(23)9-16/h15-19H,3-14,24H2,1-2H3,(H,25,26). The molecular weight excluding hydrogens is 352 g/mol. The highest BCUT2D eigenvalue weighted by Crippen LogP contribution is 2.63. The monoisotopic (exact) mass is 390 g/mol. The van der Waals surface area contributed by atoms with E-state index >= 15 is 0 Å². The van der Waals surface area contributed by atoms with Crippen LogP contribution in [-0.4, -0.2) is 36.0 Å². The molecule has 1 saturated heterocycles. The van der Waals surface area contributed by atoms with Gasteiger partial charge >= 0.3 is 0 Å². The van der Waals surface area contributed by atoms with Crippen molar-refractivity contribution in [3.63, 3.8) is 0 Å². The molecule has 0 aromatic rings. The van der Waals surface area contributed by atoms with Crippen molar-refractivity contribution >= 4 is 5.91 Å². The fourth-order valence-electron chi connectivity index (χ4n) is 7.26. The van der Waals surface area contributed by atoms with Crippen LogP contribution in [-0.2, 0) is 14.3 Å². The lowest BCUT2D eigenvalue weighted by Crippen LogP contribution is -2.59. The van der Waals surface area contributed by atoms with Gasteiger partial charge in [0.05, 0.1) is 6.61 Å². The SMILES string of the molecule is CC(C)(N)CNC(=O)CC1CCC2(CC1)OCC1(O2)C2CC3CC(C2)CC1C3. The maximum Gasteiger partial charge on any atom is 0.220 e. The Balaban J connectivity index is 1.16. The van der Waals surface area contributed by atoms with Crippen molar-refractivity contribution < 1.29 is 14.3 Å². The minimum atomic E-state index is -0.360. The van der Waals surface area contributed by atoms with Crippen LogP contribution in [0.15, 0.2) is 0 Å². The highest BCUT2D eigenvalue weighted by atomic mass is 16.8. The Labute approximate surface area is 169 Å². The number of amides is 1. The lowest BCUT2D eigenvalue weighted by molar-refractivity contribution is -0.254. The summed E-state index contributed by atoms with van der Waals surface area (Å²) in [6.45, 7) is 5.22. The van der Waals surface area contributed by atoms with Crippen LogP contribution in [0.5, 0.6) is 0 Å². The summed E-state index contributed by atoms with van der Waals surface area (Å²) in [5.74, 6) is 3.58. The molecule has 28 heavy (non-hydrogen) atoms. The van der Waals surface area contributed by atoms with Crippen molar-refractivity contribution in [1.82, 2.24) is 5.32 Å². The van der Waals surface area contributed by atoms with Gasteiger partial charge in [0.25, 0.3) is 0 Å². The van der Waals surface area contributed by atoms with Crippen LogP contribution in [0.1, 0.15) is 78.1 Å². The van der Waals surface area contributed by atoms with Crippen LogP contribution >= 0.6 is 0 Å². The molecule has 4 bridgehead atoms. The van der Waals surface area contributed by atoms with E-state index in [1.807, 2.05) is 13.8 Å². The average molecular weight is 391 g/mol. The van der Waals surface area contributed by atoms with E-state index in [0.29, 0.717) is 18.9 Å². The first-order chi connectivity index (χ1) is 13.3. The molecule has 1 heterocycles. The first kappa shape index (κ1) is 19.3. The molecule has 0 aromatic carbocycles. The zero-order valence-corrected chi connectivity index (χ0v) is 17.7. The van der Waals surface area contributed by atoms with Crippen LogP contribution in [0.4, 0.5) is 0 Å². The Morgan fingerprint density at radius 2 is 1.68 bits per heavy atom. The molecule has 0 atom stereocenters. The summed E-state index contributed by atoms with van der Waals surface area (Å²) >= 11 is 0. The molecule has 1 amide bonds. The topological polar surface area (TPSA) is 73.6 Å². The predicted molar refractivity (Wildman–Crippen MR) is 107 cm³/mol. The fraction of sp³-hybridized carbons (Fsp3) is 0.957. The maximum absolute atomic E-state index is 12.3. The number of ether oxygens (including phenoxy) is 2. The molecule has 5 nitrogen and oxygen atoms in total. The first-order valence-corrected chi connectivity index (χ1v) is 11.6. The lowest BCUT2D eigenvalue weighted by Gasteiger charge is -2.59. The Morgan fingerprint density at radius 1 is 1.07 bits per heavy atom. The second-order valence-corrected chi connectivity index (χ2v) is 11.5. The summed E-state index contributed by atoms with van der Waals surface area (Å²) in [5, 5.41) is 2.99. The third-order valence-electron chi connectivity index (χ3n) is 8.54. The number of hydrogen-bond donors (Lipinski definition) is 2. The van der Waals surface area contributed by atoms with Gasteiger partial charge in [0, 0.05) is 31.3 Å². The second kappa shape index (κ2) is 6.68. The highest BCUT2D eigenvalue weighted by molar-refractivity contribution is 5.76. The van der Waals surface area contributed by atoms with Gasteiger partial charge in [-0.1, -0.05) is 0 Å². The highest BCUT2D eigenvalue weighted by Gasteiger charge is 2.64. The molecule has 5 heteroatoms. The Bertz CT molecular complexity index is 590. The summed E-state index contributed by atoms with van der Waals surface area (Å²) in [6, 6.07) is 0. The van der Waals surface area contributed by atoms with Gasteiger partial charge in [0.1, 0.15) is 5.60 Å². The smallest absolute Gasteiger partial charge is 0.220 e. The number of nitrogens with one attached hydrogen (secondary N) is 1. The van der Waals surface area contributed by atoms with Gasteiger partial charge in [-0.15, -0.1) is 0 Å². The van der Waals surface area contributed by atoms with Crippen LogP contribution < -0.4 is 11.1 Å². The Hall–Kier alpha value is -0.650. The summed E-state index contributed by atoms with van der Waals surface area (Å²) < 4.78 is 13.4. The normalized spacial score (nSPS) is 47.2. The van der Waals surface area contributed by atoms with E-state index in [2.05, 4.69) is 5.32 Å². The Morgan fingerprint density at radius 3 is 2.25 bits per heavy atom. The van der Waals surface area contributed by atoms with Gasteiger partial charge in [0.2, 0.25) is 5.91 Å². The summed E-state index contributed by atoms with van der Waals surface area (Å²) in [6.07, 6.45) is 11.5. The molecule has 0 radical (unpaired) electrons. The van der Waals surface area contributed by atoms with Crippen LogP contribution in [0, 0.1) is 29.6 Å². The molecule has 6 aliphatic rings. The summed E-state index contributed by atoms with van der Waals surface area (Å²) in [4.78, 5) is 12.3. The van der Waals surface area contributed by atoms with Crippen LogP contribution in [0.2, 0.25) is 0 Å². The van der Waals surface area contributed by atoms with Gasteiger partial charge in [-0.3, -0.25) is 4.79 Å². The van der Waals surface area contributed by atoms with Gasteiger partial charge in [0.15, 0.2) is 5.79 Å². The minimum Gasteiger partial charge on any atom is -0.354 e. The molecule has 158 valence electrons. The minimum absolute atomic E-state index is 0.0182. The third-order valence-corrected chi connectivity index (χ3v) is 8.54. The van der Waals surface area contributed by atoms with Gasteiger partial charge < -0.3 is 20.5 Å². The van der Waals surface area contributed by atoms with Crippen LogP contribution in [0.25, 0.3) is 0 Å². The van der Waals surface area contributed by atoms with E-state index in [-0.39, 0.29) is 22.8 Å². The molecule has 2 spiro atoms. The number of hydrogen-bond acceptors (Lipinski definition) is 4. The molecule has 0 aromatic heterocycles. The number of carbonyl (C=O) groups excluding carboxylic acids is 1. The van der Waals surface area contributed by atoms with Crippen molar-refractivity contribution in [2.24, 2.45) is 35.3 Å². The zero-order chi connectivity index (χ0) is 19.6. The number of carbonyl (C=O) groups is 1. The van der Waals surface area contributed by atoms with E-state index in [0.717, 1.165) is 56.0 Å². The molecule has 6 fully saturated rings. The fourth-order valence-corrected chi connectivity index (χ4v) is 7.26. The van der Waals surface area contributed by atoms with Crippen molar-refractivity contribution in [2.45, 2.75) is 95.0 Å². The van der Waals surface area contributed by atoms with Gasteiger partial charge in [-0.05, 0) is 88.4 Å². The van der Waals surface area contributed by atoms with Crippen LogP contribution in [0.3, 0.4) is 0 Å². The van der Waals surface area contributed by atoms with Crippen molar-refractivity contribution in [1.29, 1.82) is 0 Å². The number of nitrogens with two attached hydrogens (primary N) is 1. The summed E-state index contributed by atoms with van der Waals surface area (Å²) in [7, 11) is 0. The molecular formula is C23H38N2O3. The van der Waals surface area contributed by atoms with E-state index in [1.54, 1.807) is 0 Å². The molecule has 0 unspecified atom stereocenters. The zero-order valence-electron chi connectivity index (χ0n) is 17.7.